The van der Waals surface area contributed by atoms with Crippen molar-refractivity contribution in [3.8, 4) is 0 Å². The van der Waals surface area contributed by atoms with Crippen molar-refractivity contribution in [1.29, 1.82) is 0 Å². The van der Waals surface area contributed by atoms with Crippen LogP contribution in [0.5, 0.6) is 0 Å². The van der Waals surface area contributed by atoms with Crippen molar-refractivity contribution in [2.24, 2.45) is 10.9 Å². The van der Waals surface area contributed by atoms with Gasteiger partial charge in [0.1, 0.15) is 5.82 Å². The summed E-state index contributed by atoms with van der Waals surface area (Å²) in [6.07, 6.45) is 5.26. The zero-order valence-corrected chi connectivity index (χ0v) is 14.8. The number of aliphatic carboxylic acids is 1. The third-order valence-electron chi connectivity index (χ3n) is 3.53. The van der Waals surface area contributed by atoms with Crippen LogP contribution >= 0.6 is 0 Å². The Kier molecular flexibility index (Phi) is 7.41. The van der Waals surface area contributed by atoms with E-state index in [1.807, 2.05) is 0 Å². The zero-order chi connectivity index (χ0) is 20.4. The van der Waals surface area contributed by atoms with Crippen molar-refractivity contribution in [3.05, 3.63) is 65.9 Å². The Balaban J connectivity index is 1.92. The lowest BCUT2D eigenvalue weighted by Gasteiger charge is -2.07. The number of hydrogen-bond acceptors (Lipinski definition) is 6. The van der Waals surface area contributed by atoms with E-state index in [1.165, 1.54) is 12.4 Å². The predicted octanol–water partition coefficient (Wildman–Crippen LogP) is 1.52. The van der Waals surface area contributed by atoms with E-state index < -0.39 is 17.8 Å². The Morgan fingerprint density at radius 1 is 1.07 bits per heavy atom. The van der Waals surface area contributed by atoms with Gasteiger partial charge in [-0.05, 0) is 35.7 Å². The number of hydrogen-bond donors (Lipinski definition) is 4. The molecule has 1 heterocycles. The van der Waals surface area contributed by atoms with Gasteiger partial charge >= 0.3 is 5.97 Å². The van der Waals surface area contributed by atoms with Gasteiger partial charge < -0.3 is 21.6 Å². The Morgan fingerprint density at radius 3 is 2.39 bits per heavy atom. The molecule has 0 aliphatic carbocycles. The van der Waals surface area contributed by atoms with E-state index in [0.29, 0.717) is 11.3 Å². The maximum atomic E-state index is 12.0. The minimum atomic E-state index is -0.943. The number of aromatic nitrogens is 1. The average molecular weight is 381 g/mol. The highest BCUT2D eigenvalue weighted by atomic mass is 16.4. The Morgan fingerprint density at radius 2 is 1.75 bits per heavy atom. The molecule has 9 heteroatoms. The van der Waals surface area contributed by atoms with Gasteiger partial charge in [-0.3, -0.25) is 14.4 Å². The molecule has 5 N–H and O–H groups in total. The molecule has 0 aliphatic rings. The molecule has 2 amide bonds. The molecule has 2 aromatic rings. The highest BCUT2D eigenvalue weighted by molar-refractivity contribution is 6.06. The normalized spacial score (nSPS) is 10.9. The van der Waals surface area contributed by atoms with E-state index >= 15 is 0 Å². The molecule has 1 aromatic heterocycles. The number of carboxylic acid groups (broad SMARTS) is 1. The molecule has 0 atom stereocenters. The summed E-state index contributed by atoms with van der Waals surface area (Å²) in [5.41, 5.74) is 1.92. The van der Waals surface area contributed by atoms with E-state index in [0.717, 1.165) is 17.7 Å². The molecule has 0 spiro atoms. The Labute approximate surface area is 161 Å². The molecule has 144 valence electrons. The fraction of sp³-hybridized carbons (Fsp3) is 0.105. The number of amides is 2. The van der Waals surface area contributed by atoms with Gasteiger partial charge in [0.2, 0.25) is 11.8 Å². The van der Waals surface area contributed by atoms with Gasteiger partial charge in [-0.1, -0.05) is 18.2 Å². The summed E-state index contributed by atoms with van der Waals surface area (Å²) in [5, 5.41) is 17.3. The minimum absolute atomic E-state index is 0.0806. The van der Waals surface area contributed by atoms with E-state index in [1.54, 1.807) is 36.4 Å². The fourth-order valence-electron chi connectivity index (χ4n) is 2.23. The molecular formula is C19H19N5O4. The first-order valence-electron chi connectivity index (χ1n) is 8.27. The van der Waals surface area contributed by atoms with E-state index in [4.69, 9.17) is 10.9 Å². The summed E-state index contributed by atoms with van der Waals surface area (Å²) in [6, 6.07) is 10.1. The molecule has 9 nitrogen and oxygen atoms in total. The second-order valence-electron chi connectivity index (χ2n) is 5.62. The standard InChI is InChI=1S/C19H19N5O4/c20-22-12-13-3-6-15(7-4-13)23-16(25)8-9-17(26)24-19-14(2-1-11-21-19)5-10-18(27)28/h1-4,6-9,11-12H,5,10,20H2,(H,23,25)(H,27,28)(H,21,24,26). The van der Waals surface area contributed by atoms with E-state index in [2.05, 4.69) is 20.7 Å². The number of rotatable bonds is 8. The first kappa shape index (κ1) is 20.3. The first-order chi connectivity index (χ1) is 13.5. The second kappa shape index (κ2) is 10.2. The molecule has 2 rings (SSSR count). The number of nitrogens with two attached hydrogens (primary N) is 1. The SMILES string of the molecule is NN=Cc1ccc(NC(=O)C=CC(=O)Nc2ncccc2CCC(=O)O)cc1. The summed E-state index contributed by atoms with van der Waals surface area (Å²) in [6.45, 7) is 0. The van der Waals surface area contributed by atoms with Gasteiger partial charge in [0.05, 0.1) is 6.21 Å². The number of carbonyl (C=O) groups excluding carboxylic acids is 2. The largest absolute Gasteiger partial charge is 0.481 e. The maximum Gasteiger partial charge on any atom is 0.303 e. The van der Waals surface area contributed by atoms with Crippen molar-refractivity contribution in [1.82, 2.24) is 4.98 Å². The lowest BCUT2D eigenvalue weighted by Crippen LogP contribution is -2.14. The van der Waals surface area contributed by atoms with Gasteiger partial charge in [0.25, 0.3) is 0 Å². The first-order valence-corrected chi connectivity index (χ1v) is 8.27. The van der Waals surface area contributed by atoms with Crippen molar-refractivity contribution in [2.75, 3.05) is 10.6 Å². The minimum Gasteiger partial charge on any atom is -0.481 e. The zero-order valence-electron chi connectivity index (χ0n) is 14.8. The van der Waals surface area contributed by atoms with Crippen LogP contribution < -0.4 is 16.5 Å². The second-order valence-corrected chi connectivity index (χ2v) is 5.62. The van der Waals surface area contributed by atoms with Crippen molar-refractivity contribution in [3.63, 3.8) is 0 Å². The predicted molar refractivity (Wildman–Crippen MR) is 105 cm³/mol. The number of hydrazone groups is 1. The lowest BCUT2D eigenvalue weighted by molar-refractivity contribution is -0.137. The van der Waals surface area contributed by atoms with Crippen molar-refractivity contribution in [2.45, 2.75) is 12.8 Å². The van der Waals surface area contributed by atoms with Crippen LogP contribution in [0.25, 0.3) is 0 Å². The smallest absolute Gasteiger partial charge is 0.303 e. The van der Waals surface area contributed by atoms with Crippen LogP contribution in [0.15, 0.2) is 59.8 Å². The maximum absolute atomic E-state index is 12.0. The molecule has 0 fully saturated rings. The summed E-state index contributed by atoms with van der Waals surface area (Å²) in [5.74, 6) is 3.34. The topological polar surface area (TPSA) is 147 Å². The highest BCUT2D eigenvalue weighted by Gasteiger charge is 2.08. The van der Waals surface area contributed by atoms with Crippen LogP contribution in [0.3, 0.4) is 0 Å². The van der Waals surface area contributed by atoms with Gasteiger partial charge in [-0.2, -0.15) is 5.10 Å². The molecule has 28 heavy (non-hydrogen) atoms. The van der Waals surface area contributed by atoms with E-state index in [9.17, 15) is 14.4 Å². The molecule has 0 saturated carbocycles. The molecule has 0 aliphatic heterocycles. The molecule has 0 radical (unpaired) electrons. The monoisotopic (exact) mass is 381 g/mol. The number of benzene rings is 1. The van der Waals surface area contributed by atoms with Crippen LogP contribution in [0.4, 0.5) is 11.5 Å². The van der Waals surface area contributed by atoms with Gasteiger partial charge in [0, 0.05) is 30.5 Å². The number of nitrogens with one attached hydrogen (secondary N) is 2. The Bertz CT molecular complexity index is 907. The fourth-order valence-corrected chi connectivity index (χ4v) is 2.23. The van der Waals surface area contributed by atoms with Gasteiger partial charge in [0.15, 0.2) is 0 Å². The number of aryl methyl sites for hydroxylation is 1. The van der Waals surface area contributed by atoms with E-state index in [-0.39, 0.29) is 18.7 Å². The number of carbonyl (C=O) groups is 3. The molecule has 0 bridgehead atoms. The van der Waals surface area contributed by atoms with Crippen LogP contribution in [-0.2, 0) is 20.8 Å². The third kappa shape index (κ3) is 6.71. The van der Waals surface area contributed by atoms with Crippen LogP contribution in [-0.4, -0.2) is 34.1 Å². The molecule has 1 aromatic carbocycles. The van der Waals surface area contributed by atoms with Gasteiger partial charge in [-0.25, -0.2) is 4.98 Å². The lowest BCUT2D eigenvalue weighted by atomic mass is 10.1. The average Bonchev–Trinajstić information content (AvgIpc) is 2.67. The molecule has 0 saturated heterocycles. The van der Waals surface area contributed by atoms with Gasteiger partial charge in [-0.15, -0.1) is 0 Å². The quantitative estimate of drug-likeness (QED) is 0.236. The van der Waals surface area contributed by atoms with Crippen LogP contribution in [0.2, 0.25) is 0 Å². The van der Waals surface area contributed by atoms with Crippen LogP contribution in [0, 0.1) is 0 Å². The third-order valence-corrected chi connectivity index (χ3v) is 3.53. The Hall–Kier alpha value is -4.01. The van der Waals surface area contributed by atoms with Crippen molar-refractivity contribution < 1.29 is 19.5 Å². The summed E-state index contributed by atoms with van der Waals surface area (Å²) in [7, 11) is 0. The highest BCUT2D eigenvalue weighted by Crippen LogP contribution is 2.14. The number of pyridine rings is 1. The van der Waals surface area contributed by atoms with Crippen molar-refractivity contribution >= 4 is 35.5 Å². The number of anilines is 2. The van der Waals surface area contributed by atoms with Crippen LogP contribution in [0.1, 0.15) is 17.5 Å². The summed E-state index contributed by atoms with van der Waals surface area (Å²) in [4.78, 5) is 38.7. The number of nitrogens with zero attached hydrogens (tertiary/aromatic N) is 2. The summed E-state index contributed by atoms with van der Waals surface area (Å²) >= 11 is 0. The number of carboxylic acids is 1. The molecule has 0 unspecified atom stereocenters. The molecular weight excluding hydrogens is 362 g/mol. The summed E-state index contributed by atoms with van der Waals surface area (Å²) < 4.78 is 0.